The van der Waals surface area contributed by atoms with Crippen LogP contribution in [0.25, 0.3) is 0 Å². The number of ether oxygens (including phenoxy) is 1. The summed E-state index contributed by atoms with van der Waals surface area (Å²) in [6, 6.07) is 6.08. The molecule has 1 fully saturated rings. The Hall–Kier alpha value is -1.59. The molecule has 1 saturated heterocycles. The van der Waals surface area contributed by atoms with Gasteiger partial charge in [-0.3, -0.25) is 4.79 Å². The number of nitrogens with one attached hydrogen (secondary N) is 2. The van der Waals surface area contributed by atoms with Gasteiger partial charge < -0.3 is 20.3 Å². The normalized spacial score (nSPS) is 15.4. The Morgan fingerprint density at radius 1 is 1.30 bits per heavy atom. The Balaban J connectivity index is 1.54. The topological polar surface area (TPSA) is 53.6 Å². The van der Waals surface area contributed by atoms with Crippen LogP contribution in [0.1, 0.15) is 24.0 Å². The first-order chi connectivity index (χ1) is 11.1. The third kappa shape index (κ3) is 6.59. The summed E-state index contributed by atoms with van der Waals surface area (Å²) in [7, 11) is 0. The van der Waals surface area contributed by atoms with Crippen molar-refractivity contribution in [1.29, 1.82) is 0 Å². The van der Waals surface area contributed by atoms with Gasteiger partial charge in [0, 0.05) is 32.7 Å². The molecule has 0 bridgehead atoms. The van der Waals surface area contributed by atoms with Gasteiger partial charge in [-0.05, 0) is 38.4 Å². The van der Waals surface area contributed by atoms with E-state index in [0.29, 0.717) is 13.0 Å². The van der Waals surface area contributed by atoms with E-state index >= 15 is 0 Å². The van der Waals surface area contributed by atoms with Gasteiger partial charge in [0.1, 0.15) is 5.75 Å². The van der Waals surface area contributed by atoms with Crippen LogP contribution in [-0.4, -0.2) is 56.7 Å². The lowest BCUT2D eigenvalue weighted by molar-refractivity contribution is -0.121. The van der Waals surface area contributed by atoms with Crippen molar-refractivity contribution in [3.05, 3.63) is 29.3 Å². The van der Waals surface area contributed by atoms with Gasteiger partial charge in [-0.15, -0.1) is 0 Å². The molecule has 5 nitrogen and oxygen atoms in total. The number of piperazine rings is 1. The van der Waals surface area contributed by atoms with Crippen LogP contribution in [-0.2, 0) is 4.79 Å². The molecular formula is C18H29N3O2. The monoisotopic (exact) mass is 319 g/mol. The van der Waals surface area contributed by atoms with Crippen LogP contribution < -0.4 is 15.4 Å². The number of rotatable bonds is 8. The molecule has 0 aromatic heterocycles. The zero-order valence-corrected chi connectivity index (χ0v) is 14.4. The van der Waals surface area contributed by atoms with E-state index in [0.717, 1.165) is 57.0 Å². The van der Waals surface area contributed by atoms with Gasteiger partial charge in [-0.2, -0.15) is 0 Å². The Kier molecular flexibility index (Phi) is 7.36. The quantitative estimate of drug-likeness (QED) is 0.713. The summed E-state index contributed by atoms with van der Waals surface area (Å²) in [5, 5.41) is 6.31. The van der Waals surface area contributed by atoms with Crippen molar-refractivity contribution in [2.75, 3.05) is 45.9 Å². The van der Waals surface area contributed by atoms with E-state index in [9.17, 15) is 4.79 Å². The fraction of sp³-hybridized carbons (Fsp3) is 0.611. The predicted molar refractivity (Wildman–Crippen MR) is 93.0 cm³/mol. The third-order valence-electron chi connectivity index (χ3n) is 4.10. The number of hydrogen-bond donors (Lipinski definition) is 2. The van der Waals surface area contributed by atoms with Crippen molar-refractivity contribution in [2.45, 2.75) is 26.7 Å². The van der Waals surface area contributed by atoms with Gasteiger partial charge in [-0.25, -0.2) is 0 Å². The van der Waals surface area contributed by atoms with E-state index in [4.69, 9.17) is 4.74 Å². The van der Waals surface area contributed by atoms with Crippen molar-refractivity contribution in [2.24, 2.45) is 0 Å². The summed E-state index contributed by atoms with van der Waals surface area (Å²) in [5.74, 6) is 0.928. The molecule has 5 heteroatoms. The summed E-state index contributed by atoms with van der Waals surface area (Å²) in [4.78, 5) is 14.2. The fourth-order valence-electron chi connectivity index (χ4n) is 2.77. The van der Waals surface area contributed by atoms with E-state index in [-0.39, 0.29) is 5.91 Å². The molecule has 0 radical (unpaired) electrons. The summed E-state index contributed by atoms with van der Waals surface area (Å²) < 4.78 is 5.69. The summed E-state index contributed by atoms with van der Waals surface area (Å²) in [5.41, 5.74) is 2.33. The van der Waals surface area contributed by atoms with Crippen molar-refractivity contribution < 1.29 is 9.53 Å². The summed E-state index contributed by atoms with van der Waals surface area (Å²) in [6.07, 6.45) is 1.41. The standard InChI is InChI=1S/C18H29N3O2/c1-15-4-5-17(16(2)14-15)23-13-6-18(22)20-7-3-10-21-11-8-19-9-12-21/h4-5,14,19H,3,6-13H2,1-2H3,(H,20,22). The van der Waals surface area contributed by atoms with E-state index in [1.165, 1.54) is 5.56 Å². The van der Waals surface area contributed by atoms with Crippen molar-refractivity contribution in [3.63, 3.8) is 0 Å². The van der Waals surface area contributed by atoms with E-state index in [1.54, 1.807) is 0 Å². The van der Waals surface area contributed by atoms with Crippen LogP contribution in [0.4, 0.5) is 0 Å². The minimum absolute atomic E-state index is 0.0649. The molecular weight excluding hydrogens is 290 g/mol. The number of carbonyl (C=O) groups is 1. The van der Waals surface area contributed by atoms with Gasteiger partial charge in [0.2, 0.25) is 5.91 Å². The van der Waals surface area contributed by atoms with Gasteiger partial charge >= 0.3 is 0 Å². The zero-order valence-electron chi connectivity index (χ0n) is 14.4. The minimum Gasteiger partial charge on any atom is -0.493 e. The molecule has 2 N–H and O–H groups in total. The van der Waals surface area contributed by atoms with Crippen LogP contribution >= 0.6 is 0 Å². The number of nitrogens with zero attached hydrogens (tertiary/aromatic N) is 1. The van der Waals surface area contributed by atoms with Crippen molar-refractivity contribution in [3.8, 4) is 5.75 Å². The maximum Gasteiger partial charge on any atom is 0.223 e. The largest absolute Gasteiger partial charge is 0.493 e. The van der Waals surface area contributed by atoms with Crippen molar-refractivity contribution >= 4 is 5.91 Å². The molecule has 1 aliphatic heterocycles. The highest BCUT2D eigenvalue weighted by Gasteiger charge is 2.09. The van der Waals surface area contributed by atoms with Crippen LogP contribution in [0.2, 0.25) is 0 Å². The van der Waals surface area contributed by atoms with Gasteiger partial charge in [-0.1, -0.05) is 17.7 Å². The SMILES string of the molecule is Cc1ccc(OCCC(=O)NCCCN2CCNCC2)c(C)c1. The Labute approximate surface area is 139 Å². The second kappa shape index (κ2) is 9.53. The highest BCUT2D eigenvalue weighted by atomic mass is 16.5. The number of amides is 1. The van der Waals surface area contributed by atoms with Crippen LogP contribution in [0.15, 0.2) is 18.2 Å². The number of hydrogen-bond acceptors (Lipinski definition) is 4. The second-order valence-corrected chi connectivity index (χ2v) is 6.16. The molecule has 1 aliphatic rings. The molecule has 2 rings (SSSR count). The molecule has 1 heterocycles. The highest BCUT2D eigenvalue weighted by molar-refractivity contribution is 5.75. The third-order valence-corrected chi connectivity index (χ3v) is 4.10. The lowest BCUT2D eigenvalue weighted by Gasteiger charge is -2.27. The minimum atomic E-state index is 0.0649. The molecule has 23 heavy (non-hydrogen) atoms. The number of carbonyl (C=O) groups excluding carboxylic acids is 1. The van der Waals surface area contributed by atoms with Gasteiger partial charge in [0.25, 0.3) is 0 Å². The van der Waals surface area contributed by atoms with E-state index in [2.05, 4.69) is 28.5 Å². The van der Waals surface area contributed by atoms with Gasteiger partial charge in [0.15, 0.2) is 0 Å². The maximum absolute atomic E-state index is 11.8. The van der Waals surface area contributed by atoms with Crippen LogP contribution in [0.3, 0.4) is 0 Å². The average molecular weight is 319 g/mol. The highest BCUT2D eigenvalue weighted by Crippen LogP contribution is 2.18. The first kappa shape index (κ1) is 17.8. The Bertz CT molecular complexity index is 499. The predicted octanol–water partition coefficient (Wildman–Crippen LogP) is 1.48. The van der Waals surface area contributed by atoms with Gasteiger partial charge in [0.05, 0.1) is 13.0 Å². The molecule has 128 valence electrons. The smallest absolute Gasteiger partial charge is 0.223 e. The van der Waals surface area contributed by atoms with Crippen LogP contribution in [0, 0.1) is 13.8 Å². The first-order valence-corrected chi connectivity index (χ1v) is 8.55. The Morgan fingerprint density at radius 3 is 2.83 bits per heavy atom. The lowest BCUT2D eigenvalue weighted by atomic mass is 10.1. The number of benzene rings is 1. The lowest BCUT2D eigenvalue weighted by Crippen LogP contribution is -2.44. The molecule has 0 unspecified atom stereocenters. The molecule has 0 atom stereocenters. The summed E-state index contributed by atoms with van der Waals surface area (Å²) in [6.45, 7) is 10.7. The molecule has 1 aromatic rings. The van der Waals surface area contributed by atoms with E-state index in [1.807, 2.05) is 19.1 Å². The first-order valence-electron chi connectivity index (χ1n) is 8.55. The molecule has 1 aromatic carbocycles. The van der Waals surface area contributed by atoms with Crippen molar-refractivity contribution in [1.82, 2.24) is 15.5 Å². The molecule has 1 amide bonds. The number of aryl methyl sites for hydroxylation is 2. The second-order valence-electron chi connectivity index (χ2n) is 6.16. The fourth-order valence-corrected chi connectivity index (χ4v) is 2.77. The zero-order chi connectivity index (χ0) is 16.5. The molecule has 0 spiro atoms. The van der Waals surface area contributed by atoms with E-state index < -0.39 is 0 Å². The Morgan fingerprint density at radius 2 is 2.09 bits per heavy atom. The maximum atomic E-state index is 11.8. The molecule has 0 aliphatic carbocycles. The average Bonchev–Trinajstić information content (AvgIpc) is 2.55. The summed E-state index contributed by atoms with van der Waals surface area (Å²) >= 11 is 0. The van der Waals surface area contributed by atoms with Crippen LogP contribution in [0.5, 0.6) is 5.75 Å². The molecule has 0 saturated carbocycles.